The van der Waals surface area contributed by atoms with Crippen molar-refractivity contribution in [3.05, 3.63) is 22.4 Å². The van der Waals surface area contributed by atoms with E-state index in [-0.39, 0.29) is 5.54 Å². The van der Waals surface area contributed by atoms with Crippen molar-refractivity contribution in [1.82, 2.24) is 5.32 Å². The van der Waals surface area contributed by atoms with Crippen molar-refractivity contribution in [3.63, 3.8) is 0 Å². The Bertz CT molecular complexity index is 347. The van der Waals surface area contributed by atoms with E-state index in [2.05, 4.69) is 18.3 Å². The Morgan fingerprint density at radius 1 is 1.42 bits per heavy atom. The molecule has 1 fully saturated rings. The third-order valence-electron chi connectivity index (χ3n) is 3.86. The molecule has 1 heterocycles. The Balaban J connectivity index is 1.60. The van der Waals surface area contributed by atoms with Crippen LogP contribution in [0.2, 0.25) is 0 Å². The molecule has 2 rings (SSSR count). The zero-order valence-electron chi connectivity index (χ0n) is 11.7. The van der Waals surface area contributed by atoms with Crippen LogP contribution in [0.25, 0.3) is 0 Å². The van der Waals surface area contributed by atoms with Gasteiger partial charge in [0.1, 0.15) is 0 Å². The topological polar surface area (TPSA) is 41.5 Å². The SMILES string of the molecule is CC1(NCC(O)COCc2cccs2)CCCCC1. The fraction of sp³-hybridized carbons (Fsp3) is 0.733. The molecule has 0 saturated heterocycles. The van der Waals surface area contributed by atoms with Crippen molar-refractivity contribution in [2.75, 3.05) is 13.2 Å². The van der Waals surface area contributed by atoms with E-state index in [1.165, 1.54) is 37.0 Å². The van der Waals surface area contributed by atoms with E-state index in [1.54, 1.807) is 11.3 Å². The van der Waals surface area contributed by atoms with Crippen molar-refractivity contribution < 1.29 is 9.84 Å². The van der Waals surface area contributed by atoms with Crippen LogP contribution in [0.4, 0.5) is 0 Å². The Kier molecular flexibility index (Phi) is 5.82. The van der Waals surface area contributed by atoms with Crippen LogP contribution in [0.5, 0.6) is 0 Å². The molecule has 0 aromatic carbocycles. The summed E-state index contributed by atoms with van der Waals surface area (Å²) in [5, 5.41) is 15.5. The summed E-state index contributed by atoms with van der Waals surface area (Å²) in [5.41, 5.74) is 0.215. The lowest BCUT2D eigenvalue weighted by atomic mass is 9.83. The lowest BCUT2D eigenvalue weighted by Crippen LogP contribution is -2.47. The van der Waals surface area contributed by atoms with Crippen molar-refractivity contribution >= 4 is 11.3 Å². The first-order valence-electron chi connectivity index (χ1n) is 7.21. The van der Waals surface area contributed by atoms with E-state index in [0.717, 1.165) is 0 Å². The normalized spacial score (nSPS) is 20.3. The molecule has 0 aliphatic heterocycles. The van der Waals surface area contributed by atoms with Gasteiger partial charge >= 0.3 is 0 Å². The molecule has 1 aliphatic rings. The molecule has 3 nitrogen and oxygen atoms in total. The minimum atomic E-state index is -0.418. The second kappa shape index (κ2) is 7.39. The van der Waals surface area contributed by atoms with Gasteiger partial charge in [-0.2, -0.15) is 0 Å². The number of nitrogens with one attached hydrogen (secondary N) is 1. The van der Waals surface area contributed by atoms with Crippen molar-refractivity contribution in [2.45, 2.75) is 57.3 Å². The fourth-order valence-corrected chi connectivity index (χ4v) is 3.26. The molecule has 1 aliphatic carbocycles. The lowest BCUT2D eigenvalue weighted by Gasteiger charge is -2.35. The zero-order chi connectivity index (χ0) is 13.6. The number of hydrogen-bond donors (Lipinski definition) is 2. The summed E-state index contributed by atoms with van der Waals surface area (Å²) in [6.45, 7) is 3.90. The Labute approximate surface area is 120 Å². The summed E-state index contributed by atoms with van der Waals surface area (Å²) in [5.74, 6) is 0. The Morgan fingerprint density at radius 3 is 2.89 bits per heavy atom. The molecule has 1 atom stereocenters. The molecule has 0 spiro atoms. The van der Waals surface area contributed by atoms with Gasteiger partial charge in [0.05, 0.1) is 19.3 Å². The highest BCUT2D eigenvalue weighted by Crippen LogP contribution is 2.27. The minimum Gasteiger partial charge on any atom is -0.389 e. The summed E-state index contributed by atoms with van der Waals surface area (Å²) in [6, 6.07) is 4.07. The van der Waals surface area contributed by atoms with Crippen LogP contribution < -0.4 is 5.32 Å². The molecule has 0 radical (unpaired) electrons. The third kappa shape index (κ3) is 5.22. The highest BCUT2D eigenvalue weighted by atomic mass is 32.1. The smallest absolute Gasteiger partial charge is 0.0898 e. The number of aliphatic hydroxyl groups excluding tert-OH is 1. The van der Waals surface area contributed by atoms with Crippen LogP contribution in [0.1, 0.15) is 43.9 Å². The number of aliphatic hydroxyl groups is 1. The van der Waals surface area contributed by atoms with Gasteiger partial charge in [-0.05, 0) is 31.2 Å². The number of hydrogen-bond acceptors (Lipinski definition) is 4. The van der Waals surface area contributed by atoms with E-state index in [0.29, 0.717) is 19.8 Å². The summed E-state index contributed by atoms with van der Waals surface area (Å²) in [6.07, 6.45) is 5.97. The van der Waals surface area contributed by atoms with Crippen LogP contribution in [0.15, 0.2) is 17.5 Å². The van der Waals surface area contributed by atoms with Gasteiger partial charge in [0.25, 0.3) is 0 Å². The molecule has 19 heavy (non-hydrogen) atoms. The molecular formula is C15H25NO2S. The van der Waals surface area contributed by atoms with Crippen LogP contribution in [0, 0.1) is 0 Å². The average molecular weight is 283 g/mol. The lowest BCUT2D eigenvalue weighted by molar-refractivity contribution is 0.0247. The van der Waals surface area contributed by atoms with Gasteiger partial charge in [0.15, 0.2) is 0 Å². The van der Waals surface area contributed by atoms with Gasteiger partial charge in [0, 0.05) is 17.0 Å². The summed E-state index contributed by atoms with van der Waals surface area (Å²) in [7, 11) is 0. The van der Waals surface area contributed by atoms with E-state index in [9.17, 15) is 5.11 Å². The number of ether oxygens (including phenoxy) is 1. The Morgan fingerprint density at radius 2 is 2.21 bits per heavy atom. The first kappa shape index (κ1) is 15.0. The zero-order valence-corrected chi connectivity index (χ0v) is 12.5. The largest absolute Gasteiger partial charge is 0.389 e. The molecule has 1 saturated carbocycles. The van der Waals surface area contributed by atoms with Gasteiger partial charge < -0.3 is 15.2 Å². The molecule has 1 aromatic heterocycles. The molecule has 108 valence electrons. The van der Waals surface area contributed by atoms with Crippen molar-refractivity contribution in [3.8, 4) is 0 Å². The van der Waals surface area contributed by atoms with Crippen LogP contribution in [-0.2, 0) is 11.3 Å². The highest BCUT2D eigenvalue weighted by Gasteiger charge is 2.26. The summed E-state index contributed by atoms with van der Waals surface area (Å²) >= 11 is 1.69. The summed E-state index contributed by atoms with van der Waals surface area (Å²) in [4.78, 5) is 1.21. The first-order valence-corrected chi connectivity index (χ1v) is 8.09. The van der Waals surface area contributed by atoms with Crippen LogP contribution in [0.3, 0.4) is 0 Å². The van der Waals surface area contributed by atoms with Gasteiger partial charge in [-0.1, -0.05) is 25.3 Å². The molecular weight excluding hydrogens is 258 g/mol. The van der Waals surface area contributed by atoms with Crippen LogP contribution >= 0.6 is 11.3 Å². The van der Waals surface area contributed by atoms with Crippen molar-refractivity contribution in [2.24, 2.45) is 0 Å². The van der Waals surface area contributed by atoms with Gasteiger partial charge in [0.2, 0.25) is 0 Å². The predicted octanol–water partition coefficient (Wildman–Crippen LogP) is 2.94. The highest BCUT2D eigenvalue weighted by molar-refractivity contribution is 7.09. The van der Waals surface area contributed by atoms with E-state index in [1.807, 2.05) is 11.4 Å². The maximum atomic E-state index is 9.94. The number of β-amino-alcohol motifs (C(OH)–C–C–N with tert-alkyl or cyclic N) is 1. The maximum Gasteiger partial charge on any atom is 0.0898 e. The molecule has 0 bridgehead atoms. The molecule has 1 aromatic rings. The fourth-order valence-electron chi connectivity index (χ4n) is 2.62. The molecule has 4 heteroatoms. The van der Waals surface area contributed by atoms with E-state index >= 15 is 0 Å². The maximum absolute atomic E-state index is 9.94. The van der Waals surface area contributed by atoms with Crippen LogP contribution in [-0.4, -0.2) is 29.9 Å². The Hall–Kier alpha value is -0.420. The molecule has 2 N–H and O–H groups in total. The second-order valence-corrected chi connectivity index (χ2v) is 6.78. The standard InChI is InChI=1S/C15H25NO2S/c1-15(7-3-2-4-8-15)16-10-13(17)11-18-12-14-6-5-9-19-14/h5-6,9,13,16-17H,2-4,7-8,10-12H2,1H3. The second-order valence-electron chi connectivity index (χ2n) is 5.75. The third-order valence-corrected chi connectivity index (χ3v) is 4.71. The van der Waals surface area contributed by atoms with Crippen molar-refractivity contribution in [1.29, 1.82) is 0 Å². The van der Waals surface area contributed by atoms with E-state index < -0.39 is 6.10 Å². The first-order chi connectivity index (χ1) is 9.18. The number of thiophene rings is 1. The quantitative estimate of drug-likeness (QED) is 0.808. The average Bonchev–Trinajstić information content (AvgIpc) is 2.91. The van der Waals surface area contributed by atoms with Gasteiger partial charge in [-0.25, -0.2) is 0 Å². The van der Waals surface area contributed by atoms with Gasteiger partial charge in [-0.3, -0.25) is 0 Å². The monoisotopic (exact) mass is 283 g/mol. The minimum absolute atomic E-state index is 0.215. The summed E-state index contributed by atoms with van der Waals surface area (Å²) < 4.78 is 5.53. The predicted molar refractivity (Wildman–Crippen MR) is 79.5 cm³/mol. The molecule has 0 amide bonds. The number of rotatable bonds is 7. The van der Waals surface area contributed by atoms with Gasteiger partial charge in [-0.15, -0.1) is 11.3 Å². The van der Waals surface area contributed by atoms with E-state index in [4.69, 9.17) is 4.74 Å². The molecule has 1 unspecified atom stereocenters.